The normalized spacial score (nSPS) is 15.2. The molecule has 19 heavy (non-hydrogen) atoms. The topological polar surface area (TPSA) is 89.3 Å². The Kier molecular flexibility index (Phi) is 3.89. The Morgan fingerprint density at radius 2 is 1.74 bits per heavy atom. The molecule has 0 spiro atoms. The highest BCUT2D eigenvalue weighted by atomic mass is 16.6. The van der Waals surface area contributed by atoms with Gasteiger partial charge in [0.1, 0.15) is 0 Å². The lowest BCUT2D eigenvalue weighted by Gasteiger charge is -2.08. The number of amides is 2. The van der Waals surface area contributed by atoms with Crippen LogP contribution in [0.5, 0.6) is 0 Å². The molecule has 1 aliphatic rings. The van der Waals surface area contributed by atoms with Gasteiger partial charge < -0.3 is 0 Å². The summed E-state index contributed by atoms with van der Waals surface area (Å²) in [5, 5.41) is 12.8. The van der Waals surface area contributed by atoms with E-state index in [9.17, 15) is 19.7 Å². The summed E-state index contributed by atoms with van der Waals surface area (Å²) in [6.07, 6.45) is 3.67. The zero-order valence-electron chi connectivity index (χ0n) is 10.3. The van der Waals surface area contributed by atoms with Crippen LogP contribution in [-0.4, -0.2) is 16.7 Å². The maximum Gasteiger partial charge on any atom is 0.269 e. The molecular weight excluding hydrogens is 248 g/mol. The van der Waals surface area contributed by atoms with Gasteiger partial charge in [-0.05, 0) is 25.0 Å². The Labute approximate surface area is 110 Å². The molecule has 6 heteroatoms. The number of imide groups is 1. The van der Waals surface area contributed by atoms with Crippen LogP contribution in [-0.2, 0) is 4.79 Å². The van der Waals surface area contributed by atoms with Crippen LogP contribution in [0.25, 0.3) is 0 Å². The number of nitro groups is 1. The van der Waals surface area contributed by atoms with Crippen LogP contribution in [0, 0.1) is 16.0 Å². The van der Waals surface area contributed by atoms with Crippen LogP contribution in [0.3, 0.4) is 0 Å². The van der Waals surface area contributed by atoms with Crippen molar-refractivity contribution in [2.24, 2.45) is 5.92 Å². The van der Waals surface area contributed by atoms with Gasteiger partial charge >= 0.3 is 0 Å². The number of benzene rings is 1. The Balaban J connectivity index is 1.99. The van der Waals surface area contributed by atoms with Crippen molar-refractivity contribution in [3.63, 3.8) is 0 Å². The summed E-state index contributed by atoms with van der Waals surface area (Å²) in [6.45, 7) is 0. The first kappa shape index (κ1) is 13.2. The van der Waals surface area contributed by atoms with Crippen molar-refractivity contribution in [2.45, 2.75) is 25.7 Å². The van der Waals surface area contributed by atoms with Gasteiger partial charge in [0.05, 0.1) is 4.92 Å². The summed E-state index contributed by atoms with van der Waals surface area (Å²) in [5.41, 5.74) is 0.163. The fourth-order valence-corrected chi connectivity index (χ4v) is 2.21. The number of nitrogens with one attached hydrogen (secondary N) is 1. The molecule has 0 atom stereocenters. The Morgan fingerprint density at radius 3 is 2.26 bits per heavy atom. The summed E-state index contributed by atoms with van der Waals surface area (Å²) < 4.78 is 0. The highest BCUT2D eigenvalue weighted by Gasteiger charge is 2.24. The van der Waals surface area contributed by atoms with Gasteiger partial charge in [0.2, 0.25) is 5.91 Å². The largest absolute Gasteiger partial charge is 0.292 e. The zero-order chi connectivity index (χ0) is 13.8. The van der Waals surface area contributed by atoms with Gasteiger partial charge in [0, 0.05) is 23.6 Å². The van der Waals surface area contributed by atoms with E-state index in [2.05, 4.69) is 5.32 Å². The van der Waals surface area contributed by atoms with Crippen molar-refractivity contribution in [1.29, 1.82) is 0 Å². The first-order chi connectivity index (χ1) is 9.08. The molecule has 2 amide bonds. The van der Waals surface area contributed by atoms with Gasteiger partial charge in [0.25, 0.3) is 11.6 Å². The number of nitro benzene ring substituents is 1. The third-order valence-corrected chi connectivity index (χ3v) is 3.30. The molecule has 0 aliphatic heterocycles. The number of rotatable bonds is 3. The van der Waals surface area contributed by atoms with Crippen LogP contribution >= 0.6 is 0 Å². The number of hydrogen-bond donors (Lipinski definition) is 1. The van der Waals surface area contributed by atoms with E-state index in [1.54, 1.807) is 0 Å². The molecular formula is C13H14N2O4. The second kappa shape index (κ2) is 5.60. The third-order valence-electron chi connectivity index (χ3n) is 3.30. The van der Waals surface area contributed by atoms with E-state index < -0.39 is 10.8 Å². The van der Waals surface area contributed by atoms with Gasteiger partial charge in [-0.15, -0.1) is 0 Å². The van der Waals surface area contributed by atoms with Crippen LogP contribution in [0.4, 0.5) is 5.69 Å². The molecule has 1 aliphatic carbocycles. The molecule has 1 N–H and O–H groups in total. The van der Waals surface area contributed by atoms with Crippen LogP contribution in [0.1, 0.15) is 36.0 Å². The molecule has 1 aromatic carbocycles. The minimum absolute atomic E-state index is 0.0815. The number of carbonyl (C=O) groups is 2. The van der Waals surface area contributed by atoms with Crippen molar-refractivity contribution in [3.05, 3.63) is 39.9 Å². The SMILES string of the molecule is O=C(NC(=O)C1CCCC1)c1ccc([N+](=O)[O-])cc1. The summed E-state index contributed by atoms with van der Waals surface area (Å²) in [7, 11) is 0. The third kappa shape index (κ3) is 3.15. The molecule has 1 aromatic rings. The van der Waals surface area contributed by atoms with Gasteiger partial charge in [-0.2, -0.15) is 0 Å². The van der Waals surface area contributed by atoms with E-state index in [0.717, 1.165) is 25.7 Å². The van der Waals surface area contributed by atoms with Gasteiger partial charge in [0.15, 0.2) is 0 Å². The summed E-state index contributed by atoms with van der Waals surface area (Å²) in [4.78, 5) is 33.5. The maximum atomic E-state index is 11.8. The van der Waals surface area contributed by atoms with Gasteiger partial charge in [-0.1, -0.05) is 12.8 Å². The first-order valence-electron chi connectivity index (χ1n) is 6.17. The molecule has 0 saturated heterocycles. The smallest absolute Gasteiger partial charge is 0.269 e. The van der Waals surface area contributed by atoms with E-state index in [4.69, 9.17) is 0 Å². The number of hydrogen-bond acceptors (Lipinski definition) is 4. The summed E-state index contributed by atoms with van der Waals surface area (Å²) in [5.74, 6) is -0.838. The second-order valence-corrected chi connectivity index (χ2v) is 4.60. The van der Waals surface area contributed by atoms with Crippen LogP contribution in [0.15, 0.2) is 24.3 Å². The molecule has 6 nitrogen and oxygen atoms in total. The molecule has 100 valence electrons. The van der Waals surface area contributed by atoms with E-state index in [1.165, 1.54) is 24.3 Å². The fraction of sp³-hybridized carbons (Fsp3) is 0.385. The van der Waals surface area contributed by atoms with Crippen molar-refractivity contribution < 1.29 is 14.5 Å². The predicted octanol–water partition coefficient (Wildman–Crippen LogP) is 2.04. The van der Waals surface area contributed by atoms with Gasteiger partial charge in [-0.3, -0.25) is 25.0 Å². The number of nitrogens with zero attached hydrogens (tertiary/aromatic N) is 1. The van der Waals surface area contributed by atoms with Crippen molar-refractivity contribution in [3.8, 4) is 0 Å². The standard InChI is InChI=1S/C13H14N2O4/c16-12(9-3-1-2-4-9)14-13(17)10-5-7-11(8-6-10)15(18)19/h5-9H,1-4H2,(H,14,16,17). The minimum Gasteiger partial charge on any atom is -0.292 e. The van der Waals surface area contributed by atoms with E-state index in [0.29, 0.717) is 0 Å². The van der Waals surface area contributed by atoms with Crippen molar-refractivity contribution >= 4 is 17.5 Å². The molecule has 1 fully saturated rings. The summed E-state index contributed by atoms with van der Waals surface area (Å²) in [6, 6.07) is 5.18. The van der Waals surface area contributed by atoms with Crippen LogP contribution in [0.2, 0.25) is 0 Å². The number of carbonyl (C=O) groups excluding carboxylic acids is 2. The lowest BCUT2D eigenvalue weighted by atomic mass is 10.1. The number of non-ortho nitro benzene ring substituents is 1. The van der Waals surface area contributed by atoms with E-state index in [-0.39, 0.29) is 23.1 Å². The average Bonchev–Trinajstić information content (AvgIpc) is 2.92. The molecule has 0 aromatic heterocycles. The van der Waals surface area contributed by atoms with Gasteiger partial charge in [-0.25, -0.2) is 0 Å². The fourth-order valence-electron chi connectivity index (χ4n) is 2.21. The zero-order valence-corrected chi connectivity index (χ0v) is 10.3. The lowest BCUT2D eigenvalue weighted by molar-refractivity contribution is -0.384. The molecule has 0 radical (unpaired) electrons. The first-order valence-corrected chi connectivity index (χ1v) is 6.17. The molecule has 0 heterocycles. The maximum absolute atomic E-state index is 11.8. The minimum atomic E-state index is -0.536. The molecule has 0 bridgehead atoms. The van der Waals surface area contributed by atoms with E-state index >= 15 is 0 Å². The monoisotopic (exact) mass is 262 g/mol. The molecule has 2 rings (SSSR count). The second-order valence-electron chi connectivity index (χ2n) is 4.60. The van der Waals surface area contributed by atoms with Crippen LogP contribution < -0.4 is 5.32 Å². The highest BCUT2D eigenvalue weighted by molar-refractivity contribution is 6.05. The molecule has 0 unspecified atom stereocenters. The quantitative estimate of drug-likeness (QED) is 0.512. The Bertz CT molecular complexity index is 504. The Morgan fingerprint density at radius 1 is 1.16 bits per heavy atom. The summed E-state index contributed by atoms with van der Waals surface area (Å²) >= 11 is 0. The van der Waals surface area contributed by atoms with E-state index in [1.807, 2.05) is 0 Å². The predicted molar refractivity (Wildman–Crippen MR) is 67.5 cm³/mol. The average molecular weight is 262 g/mol. The van der Waals surface area contributed by atoms with Crippen molar-refractivity contribution in [2.75, 3.05) is 0 Å². The molecule has 1 saturated carbocycles. The highest BCUT2D eigenvalue weighted by Crippen LogP contribution is 2.24. The van der Waals surface area contributed by atoms with Crippen molar-refractivity contribution in [1.82, 2.24) is 5.32 Å². The lowest BCUT2D eigenvalue weighted by Crippen LogP contribution is -2.34. The Hall–Kier alpha value is -2.24.